The fraction of sp³-hybridized carbons (Fsp3) is 0.438. The lowest BCUT2D eigenvalue weighted by Gasteiger charge is -2.22. The molecule has 0 radical (unpaired) electrons. The van der Waals surface area contributed by atoms with Gasteiger partial charge in [0.25, 0.3) is 0 Å². The van der Waals surface area contributed by atoms with Crippen molar-refractivity contribution < 1.29 is 5.11 Å². The molecule has 0 saturated heterocycles. The van der Waals surface area contributed by atoms with Crippen molar-refractivity contribution in [3.05, 3.63) is 42.1 Å². The van der Waals surface area contributed by atoms with E-state index in [2.05, 4.69) is 24.0 Å². The van der Waals surface area contributed by atoms with Gasteiger partial charge in [-0.15, -0.1) is 0 Å². The Hall–Kier alpha value is -1.41. The molecular weight excluding hydrogens is 222 g/mol. The first-order valence-electron chi connectivity index (χ1n) is 6.72. The standard InChI is InChI=1S/C16H19NO/c1-12-8-9-16(18,10-12)11-14-7-6-13-4-2-3-5-15(13)17-14/h2-7,12,18H,8-11H2,1H3. The van der Waals surface area contributed by atoms with E-state index >= 15 is 0 Å². The van der Waals surface area contributed by atoms with E-state index in [0.29, 0.717) is 12.3 Å². The van der Waals surface area contributed by atoms with Gasteiger partial charge in [0.1, 0.15) is 0 Å². The van der Waals surface area contributed by atoms with E-state index in [-0.39, 0.29) is 0 Å². The minimum absolute atomic E-state index is 0.533. The van der Waals surface area contributed by atoms with E-state index in [4.69, 9.17) is 0 Å². The predicted molar refractivity (Wildman–Crippen MR) is 73.4 cm³/mol. The van der Waals surface area contributed by atoms with E-state index in [1.807, 2.05) is 24.3 Å². The molecule has 1 aliphatic carbocycles. The molecule has 2 unspecified atom stereocenters. The van der Waals surface area contributed by atoms with Crippen LogP contribution in [0.3, 0.4) is 0 Å². The predicted octanol–water partition coefficient (Wildman–Crippen LogP) is 3.33. The van der Waals surface area contributed by atoms with Crippen molar-refractivity contribution in [1.29, 1.82) is 0 Å². The average molecular weight is 241 g/mol. The van der Waals surface area contributed by atoms with E-state index in [1.165, 1.54) is 0 Å². The molecule has 0 bridgehead atoms. The Balaban J connectivity index is 1.86. The zero-order valence-electron chi connectivity index (χ0n) is 10.8. The van der Waals surface area contributed by atoms with Crippen LogP contribution in [-0.4, -0.2) is 15.7 Å². The summed E-state index contributed by atoms with van der Waals surface area (Å²) in [5, 5.41) is 11.7. The lowest BCUT2D eigenvalue weighted by atomic mass is 9.94. The zero-order valence-corrected chi connectivity index (χ0v) is 10.8. The summed E-state index contributed by atoms with van der Waals surface area (Å²) in [6, 6.07) is 12.3. The lowest BCUT2D eigenvalue weighted by molar-refractivity contribution is 0.0437. The van der Waals surface area contributed by atoms with Crippen LogP contribution in [-0.2, 0) is 6.42 Å². The summed E-state index contributed by atoms with van der Waals surface area (Å²) in [7, 11) is 0. The molecule has 1 saturated carbocycles. The van der Waals surface area contributed by atoms with Gasteiger partial charge in [0, 0.05) is 17.5 Å². The summed E-state index contributed by atoms with van der Waals surface area (Å²) < 4.78 is 0. The summed E-state index contributed by atoms with van der Waals surface area (Å²) in [5.74, 6) is 0.635. The maximum Gasteiger partial charge on any atom is 0.0705 e. The van der Waals surface area contributed by atoms with E-state index in [9.17, 15) is 5.11 Å². The molecular formula is C16H19NO. The highest BCUT2D eigenvalue weighted by Crippen LogP contribution is 2.36. The second kappa shape index (κ2) is 4.36. The fourth-order valence-corrected chi connectivity index (χ4v) is 3.07. The third kappa shape index (κ3) is 2.25. The molecule has 94 valence electrons. The molecule has 2 atom stereocenters. The number of pyridine rings is 1. The molecule has 0 amide bonds. The third-order valence-corrected chi connectivity index (χ3v) is 4.00. The Morgan fingerprint density at radius 2 is 2.11 bits per heavy atom. The highest BCUT2D eigenvalue weighted by molar-refractivity contribution is 5.78. The van der Waals surface area contributed by atoms with E-state index in [0.717, 1.165) is 35.9 Å². The van der Waals surface area contributed by atoms with Gasteiger partial charge in [-0.3, -0.25) is 4.98 Å². The van der Waals surface area contributed by atoms with Crippen LogP contribution in [0.25, 0.3) is 10.9 Å². The van der Waals surface area contributed by atoms with Crippen molar-refractivity contribution in [3.63, 3.8) is 0 Å². The third-order valence-electron chi connectivity index (χ3n) is 4.00. The molecule has 1 aromatic carbocycles. The number of para-hydroxylation sites is 1. The zero-order chi connectivity index (χ0) is 12.6. The highest BCUT2D eigenvalue weighted by Gasteiger charge is 2.35. The van der Waals surface area contributed by atoms with Crippen molar-refractivity contribution in [1.82, 2.24) is 4.98 Å². The van der Waals surface area contributed by atoms with Gasteiger partial charge in [0.05, 0.1) is 11.1 Å². The summed E-state index contributed by atoms with van der Waals surface area (Å²) in [6.07, 6.45) is 3.62. The summed E-state index contributed by atoms with van der Waals surface area (Å²) in [5.41, 5.74) is 1.49. The average Bonchev–Trinajstić information content (AvgIpc) is 2.69. The first-order valence-corrected chi connectivity index (χ1v) is 6.72. The summed E-state index contributed by atoms with van der Waals surface area (Å²) in [6.45, 7) is 2.21. The monoisotopic (exact) mass is 241 g/mol. The van der Waals surface area contributed by atoms with Crippen LogP contribution in [0.1, 0.15) is 31.9 Å². The Labute approximate surface area is 108 Å². The molecule has 1 aliphatic rings. The van der Waals surface area contributed by atoms with Gasteiger partial charge in [0.2, 0.25) is 0 Å². The molecule has 18 heavy (non-hydrogen) atoms. The molecule has 0 aliphatic heterocycles. The smallest absolute Gasteiger partial charge is 0.0705 e. The van der Waals surface area contributed by atoms with E-state index < -0.39 is 5.60 Å². The number of fused-ring (bicyclic) bond motifs is 1. The number of aromatic nitrogens is 1. The summed E-state index contributed by atoms with van der Waals surface area (Å²) >= 11 is 0. The Morgan fingerprint density at radius 3 is 2.89 bits per heavy atom. The van der Waals surface area contributed by atoms with Gasteiger partial charge in [-0.2, -0.15) is 0 Å². The second-order valence-corrected chi connectivity index (χ2v) is 5.74. The fourth-order valence-electron chi connectivity index (χ4n) is 3.07. The molecule has 1 fully saturated rings. The number of rotatable bonds is 2. The second-order valence-electron chi connectivity index (χ2n) is 5.74. The number of benzene rings is 1. The van der Waals surface area contributed by atoms with Crippen molar-refractivity contribution >= 4 is 10.9 Å². The highest BCUT2D eigenvalue weighted by atomic mass is 16.3. The Morgan fingerprint density at radius 1 is 1.28 bits per heavy atom. The molecule has 3 rings (SSSR count). The Kier molecular flexibility index (Phi) is 2.83. The van der Waals surface area contributed by atoms with Crippen LogP contribution in [0.5, 0.6) is 0 Å². The lowest BCUT2D eigenvalue weighted by Crippen LogP contribution is -2.28. The number of hydrogen-bond acceptors (Lipinski definition) is 2. The summed E-state index contributed by atoms with van der Waals surface area (Å²) in [4.78, 5) is 4.65. The van der Waals surface area contributed by atoms with Crippen molar-refractivity contribution in [2.24, 2.45) is 5.92 Å². The molecule has 2 aromatic rings. The van der Waals surface area contributed by atoms with Crippen LogP contribution < -0.4 is 0 Å². The van der Waals surface area contributed by atoms with Crippen molar-refractivity contribution in [2.45, 2.75) is 38.2 Å². The van der Waals surface area contributed by atoms with Crippen LogP contribution in [0.15, 0.2) is 36.4 Å². The molecule has 1 N–H and O–H groups in total. The van der Waals surface area contributed by atoms with Crippen LogP contribution >= 0.6 is 0 Å². The number of hydrogen-bond donors (Lipinski definition) is 1. The maximum atomic E-state index is 10.5. The minimum Gasteiger partial charge on any atom is -0.389 e. The van der Waals surface area contributed by atoms with Gasteiger partial charge in [-0.05, 0) is 37.3 Å². The van der Waals surface area contributed by atoms with Gasteiger partial charge in [-0.1, -0.05) is 31.2 Å². The van der Waals surface area contributed by atoms with Crippen molar-refractivity contribution in [2.75, 3.05) is 0 Å². The first-order chi connectivity index (χ1) is 8.65. The van der Waals surface area contributed by atoms with E-state index in [1.54, 1.807) is 0 Å². The molecule has 2 heteroatoms. The van der Waals surface area contributed by atoms with Crippen LogP contribution in [0.2, 0.25) is 0 Å². The first kappa shape index (κ1) is 11.7. The SMILES string of the molecule is CC1CCC(O)(Cc2ccc3ccccc3n2)C1. The largest absolute Gasteiger partial charge is 0.389 e. The minimum atomic E-state index is -0.533. The van der Waals surface area contributed by atoms with Gasteiger partial charge in [-0.25, -0.2) is 0 Å². The van der Waals surface area contributed by atoms with Crippen LogP contribution in [0, 0.1) is 5.92 Å². The normalized spacial score (nSPS) is 27.8. The Bertz CT molecular complexity index is 566. The van der Waals surface area contributed by atoms with Gasteiger partial charge < -0.3 is 5.11 Å². The van der Waals surface area contributed by atoms with Crippen molar-refractivity contribution in [3.8, 4) is 0 Å². The van der Waals surface area contributed by atoms with Gasteiger partial charge in [0.15, 0.2) is 0 Å². The van der Waals surface area contributed by atoms with Gasteiger partial charge >= 0.3 is 0 Å². The molecule has 0 spiro atoms. The molecule has 1 heterocycles. The number of nitrogens with zero attached hydrogens (tertiary/aromatic N) is 1. The number of aliphatic hydroxyl groups is 1. The maximum absolute atomic E-state index is 10.5. The van der Waals surface area contributed by atoms with Crippen LogP contribution in [0.4, 0.5) is 0 Å². The topological polar surface area (TPSA) is 33.1 Å². The quantitative estimate of drug-likeness (QED) is 0.874. The molecule has 2 nitrogen and oxygen atoms in total. The molecule has 1 aromatic heterocycles.